The molecule has 0 amide bonds. The number of hydrogen-bond donors (Lipinski definition) is 2. The lowest BCUT2D eigenvalue weighted by Gasteiger charge is -2.27. The number of nitrogens with one attached hydrogen (secondary N) is 1. The lowest BCUT2D eigenvalue weighted by molar-refractivity contribution is 0.119. The Balaban J connectivity index is 1.47. The van der Waals surface area contributed by atoms with Crippen LogP contribution in [0.2, 0.25) is 0 Å². The van der Waals surface area contributed by atoms with Gasteiger partial charge in [0.15, 0.2) is 5.65 Å². The molecule has 5 heterocycles. The van der Waals surface area contributed by atoms with Crippen LogP contribution in [-0.4, -0.2) is 74.6 Å². The maximum atomic E-state index is 11.1. The molecule has 9 nitrogen and oxygen atoms in total. The predicted octanol–water partition coefficient (Wildman–Crippen LogP) is 4.00. The van der Waals surface area contributed by atoms with Crippen LogP contribution in [0, 0.1) is 0 Å². The van der Waals surface area contributed by atoms with E-state index in [0.717, 1.165) is 35.6 Å². The standard InChI is InChI=1S/C27H34N6O3S/c1-4-32(5-2)18(3)15-28-27(34)19-13-23(30-25(14-19)36-20-9-11-35-17-20)21-16-29-33-10-8-22(31-26(21)33)24-7-6-12-37-24/h6-8,10,12-14,16,18,20,27-28,34H,4-5,9,11,15,17H2,1-3H3/t18-,20+,27?/m0/s1. The number of aliphatic hydroxyl groups excluding tert-OH is 1. The maximum Gasteiger partial charge on any atom is 0.214 e. The monoisotopic (exact) mass is 522 g/mol. The second-order valence-corrected chi connectivity index (χ2v) is 10.2. The third-order valence-electron chi connectivity index (χ3n) is 6.78. The number of likely N-dealkylation sites (N-methyl/N-ethyl adjacent to an activating group) is 1. The number of hydrogen-bond acceptors (Lipinski definition) is 9. The molecule has 0 bridgehead atoms. The third-order valence-corrected chi connectivity index (χ3v) is 7.67. The van der Waals surface area contributed by atoms with E-state index in [9.17, 15) is 5.11 Å². The van der Waals surface area contributed by atoms with Crippen LogP contribution in [0.1, 0.15) is 39.0 Å². The minimum Gasteiger partial charge on any atom is -0.472 e. The van der Waals surface area contributed by atoms with Crippen LogP contribution in [0.4, 0.5) is 0 Å². The molecule has 5 rings (SSSR count). The molecule has 4 aromatic rings. The Morgan fingerprint density at radius 3 is 2.84 bits per heavy atom. The predicted molar refractivity (Wildman–Crippen MR) is 145 cm³/mol. The van der Waals surface area contributed by atoms with Gasteiger partial charge in [-0.1, -0.05) is 19.9 Å². The van der Waals surface area contributed by atoms with Crippen molar-refractivity contribution < 1.29 is 14.6 Å². The molecule has 0 radical (unpaired) electrons. The Hall–Kier alpha value is -2.89. The van der Waals surface area contributed by atoms with Gasteiger partial charge in [0.05, 0.1) is 41.2 Å². The summed E-state index contributed by atoms with van der Waals surface area (Å²) in [5.74, 6) is 0.453. The van der Waals surface area contributed by atoms with Gasteiger partial charge >= 0.3 is 0 Å². The molecule has 196 valence electrons. The Kier molecular flexibility index (Phi) is 8.11. The highest BCUT2D eigenvalue weighted by Crippen LogP contribution is 2.30. The van der Waals surface area contributed by atoms with Crippen molar-refractivity contribution in [1.29, 1.82) is 0 Å². The molecule has 1 saturated heterocycles. The number of rotatable bonds is 11. The van der Waals surface area contributed by atoms with Crippen LogP contribution in [0.5, 0.6) is 5.88 Å². The van der Waals surface area contributed by atoms with Gasteiger partial charge < -0.3 is 14.6 Å². The average molecular weight is 523 g/mol. The Bertz CT molecular complexity index is 1300. The van der Waals surface area contributed by atoms with Crippen molar-refractivity contribution in [3.63, 3.8) is 0 Å². The van der Waals surface area contributed by atoms with Gasteiger partial charge in [0, 0.05) is 36.8 Å². The van der Waals surface area contributed by atoms with Crippen LogP contribution >= 0.6 is 11.3 Å². The fraction of sp³-hybridized carbons (Fsp3) is 0.444. The van der Waals surface area contributed by atoms with E-state index in [2.05, 4.69) is 42.2 Å². The molecular weight excluding hydrogens is 488 g/mol. The Labute approximate surface area is 221 Å². The summed E-state index contributed by atoms with van der Waals surface area (Å²) < 4.78 is 13.4. The van der Waals surface area contributed by atoms with Gasteiger partial charge in [0.25, 0.3) is 0 Å². The van der Waals surface area contributed by atoms with Crippen LogP contribution in [0.3, 0.4) is 0 Å². The molecule has 10 heteroatoms. The van der Waals surface area contributed by atoms with Crippen molar-refractivity contribution in [2.24, 2.45) is 0 Å². The van der Waals surface area contributed by atoms with Crippen molar-refractivity contribution in [3.05, 3.63) is 53.7 Å². The first-order valence-electron chi connectivity index (χ1n) is 12.9. The summed E-state index contributed by atoms with van der Waals surface area (Å²) in [5, 5.41) is 20.9. The molecule has 4 aromatic heterocycles. The first-order chi connectivity index (χ1) is 18.1. The summed E-state index contributed by atoms with van der Waals surface area (Å²) in [4.78, 5) is 13.1. The molecule has 2 N–H and O–H groups in total. The fourth-order valence-corrected chi connectivity index (χ4v) is 5.34. The molecule has 0 aromatic carbocycles. The molecule has 0 saturated carbocycles. The zero-order valence-electron chi connectivity index (χ0n) is 21.5. The molecule has 0 aliphatic carbocycles. The minimum absolute atomic E-state index is 0.0594. The van der Waals surface area contributed by atoms with Gasteiger partial charge in [-0.25, -0.2) is 14.5 Å². The topological polar surface area (TPSA) is 97.0 Å². The van der Waals surface area contributed by atoms with Crippen molar-refractivity contribution in [3.8, 4) is 27.7 Å². The van der Waals surface area contributed by atoms with E-state index < -0.39 is 6.23 Å². The molecule has 1 aliphatic heterocycles. The summed E-state index contributed by atoms with van der Waals surface area (Å²) in [6.07, 6.45) is 3.54. The first kappa shape index (κ1) is 25.7. The summed E-state index contributed by atoms with van der Waals surface area (Å²) in [7, 11) is 0. The number of aromatic nitrogens is 4. The van der Waals surface area contributed by atoms with E-state index >= 15 is 0 Å². The van der Waals surface area contributed by atoms with Crippen LogP contribution in [0.25, 0.3) is 27.5 Å². The van der Waals surface area contributed by atoms with E-state index in [1.54, 1.807) is 28.1 Å². The number of aliphatic hydroxyl groups is 1. The number of pyridine rings is 1. The molecule has 37 heavy (non-hydrogen) atoms. The van der Waals surface area contributed by atoms with Gasteiger partial charge in [-0.05, 0) is 43.6 Å². The highest BCUT2D eigenvalue weighted by Gasteiger charge is 2.22. The molecule has 3 atom stereocenters. The minimum atomic E-state index is -0.876. The molecule has 0 spiro atoms. The summed E-state index contributed by atoms with van der Waals surface area (Å²) in [5.41, 5.74) is 3.68. The maximum absolute atomic E-state index is 11.1. The van der Waals surface area contributed by atoms with Crippen LogP contribution in [-0.2, 0) is 4.74 Å². The number of nitrogens with zero attached hydrogens (tertiary/aromatic N) is 5. The summed E-state index contributed by atoms with van der Waals surface area (Å²) in [6, 6.07) is 10.00. The number of ether oxygens (including phenoxy) is 2. The Morgan fingerprint density at radius 1 is 1.24 bits per heavy atom. The van der Waals surface area contributed by atoms with E-state index in [1.807, 2.05) is 29.8 Å². The Morgan fingerprint density at radius 2 is 2.11 bits per heavy atom. The third kappa shape index (κ3) is 5.83. The zero-order chi connectivity index (χ0) is 25.8. The zero-order valence-corrected chi connectivity index (χ0v) is 22.3. The quantitative estimate of drug-likeness (QED) is 0.285. The van der Waals surface area contributed by atoms with Crippen molar-refractivity contribution in [2.45, 2.75) is 45.6 Å². The van der Waals surface area contributed by atoms with Crippen molar-refractivity contribution >= 4 is 17.0 Å². The molecule has 1 fully saturated rings. The molecule has 1 aliphatic rings. The SMILES string of the molecule is CCN(CC)[C@@H](C)CNC(O)c1cc(O[C@@H]2CCOC2)nc(-c2cnn3ccc(-c4cccs4)nc23)c1. The number of fused-ring (bicyclic) bond motifs is 1. The number of thiophene rings is 1. The van der Waals surface area contributed by atoms with Gasteiger partial charge in [-0.3, -0.25) is 10.2 Å². The summed E-state index contributed by atoms with van der Waals surface area (Å²) in [6.45, 7) is 10.2. The van der Waals surface area contributed by atoms with Crippen molar-refractivity contribution in [1.82, 2.24) is 29.8 Å². The first-order valence-corrected chi connectivity index (χ1v) is 13.7. The second-order valence-electron chi connectivity index (χ2n) is 9.22. The lowest BCUT2D eigenvalue weighted by Crippen LogP contribution is -2.41. The van der Waals surface area contributed by atoms with Crippen molar-refractivity contribution in [2.75, 3.05) is 32.8 Å². The lowest BCUT2D eigenvalue weighted by atomic mass is 10.1. The van der Waals surface area contributed by atoms with Crippen LogP contribution in [0.15, 0.2) is 48.1 Å². The highest BCUT2D eigenvalue weighted by molar-refractivity contribution is 7.13. The van der Waals surface area contributed by atoms with Gasteiger partial charge in [0.2, 0.25) is 5.88 Å². The average Bonchev–Trinajstić information content (AvgIpc) is 3.69. The van der Waals surface area contributed by atoms with E-state index in [1.165, 1.54) is 0 Å². The largest absolute Gasteiger partial charge is 0.472 e. The fourth-order valence-electron chi connectivity index (χ4n) is 4.65. The summed E-state index contributed by atoms with van der Waals surface area (Å²) >= 11 is 1.64. The van der Waals surface area contributed by atoms with E-state index in [-0.39, 0.29) is 12.1 Å². The van der Waals surface area contributed by atoms with Crippen LogP contribution < -0.4 is 10.1 Å². The van der Waals surface area contributed by atoms with Gasteiger partial charge in [-0.2, -0.15) is 5.10 Å². The molecule has 1 unspecified atom stereocenters. The van der Waals surface area contributed by atoms with Gasteiger partial charge in [0.1, 0.15) is 12.3 Å². The molecular formula is C27H34N6O3S. The smallest absolute Gasteiger partial charge is 0.214 e. The second kappa shape index (κ2) is 11.7. The normalized spacial score (nSPS) is 17.5. The van der Waals surface area contributed by atoms with Gasteiger partial charge in [-0.15, -0.1) is 11.3 Å². The highest BCUT2D eigenvalue weighted by atomic mass is 32.1. The van der Waals surface area contributed by atoms with E-state index in [0.29, 0.717) is 42.5 Å². The van der Waals surface area contributed by atoms with E-state index in [4.69, 9.17) is 19.4 Å².